The molecular weight excluding hydrogens is 373 g/mol. The Balaban J connectivity index is 1.77. The molecule has 1 aromatic heterocycles. The Morgan fingerprint density at radius 3 is 2.43 bits per heavy atom. The lowest BCUT2D eigenvalue weighted by atomic mass is 10.1. The summed E-state index contributed by atoms with van der Waals surface area (Å²) in [5, 5.41) is 2.23. The number of hydrogen-bond acceptors (Lipinski definition) is 4. The zero-order chi connectivity index (χ0) is 20.3. The third-order valence-corrected chi connectivity index (χ3v) is 4.51. The van der Waals surface area contributed by atoms with E-state index >= 15 is 0 Å². The predicted molar refractivity (Wildman–Crippen MR) is 97.0 cm³/mol. The van der Waals surface area contributed by atoms with Gasteiger partial charge in [0, 0.05) is 37.9 Å². The standard InChI is InChI=1S/C19H19F3N4O2/c1-25-8-10-26(11-9-25)18(28)13-6-7-23-16(12-13)17(27)24-15-5-3-2-4-14(15)19(20,21)22/h2-7,12H,8-11H2,1H3,(H,24,27). The Hall–Kier alpha value is -2.94. The highest BCUT2D eigenvalue weighted by Gasteiger charge is 2.33. The molecule has 1 aliphatic heterocycles. The number of piperazine rings is 1. The number of hydrogen-bond donors (Lipinski definition) is 1. The number of halogens is 3. The van der Waals surface area contributed by atoms with E-state index in [9.17, 15) is 22.8 Å². The molecule has 0 atom stereocenters. The third kappa shape index (κ3) is 4.48. The van der Waals surface area contributed by atoms with Crippen LogP contribution in [0.3, 0.4) is 0 Å². The number of carbonyl (C=O) groups is 2. The van der Waals surface area contributed by atoms with Crippen molar-refractivity contribution in [3.05, 3.63) is 59.4 Å². The number of benzene rings is 1. The summed E-state index contributed by atoms with van der Waals surface area (Å²) in [5.74, 6) is -1.05. The number of nitrogens with zero attached hydrogens (tertiary/aromatic N) is 3. The molecule has 2 aromatic rings. The highest BCUT2D eigenvalue weighted by molar-refractivity contribution is 6.05. The van der Waals surface area contributed by atoms with E-state index < -0.39 is 17.6 Å². The molecule has 1 N–H and O–H groups in total. The maximum Gasteiger partial charge on any atom is 0.418 e. The summed E-state index contributed by atoms with van der Waals surface area (Å²) in [5.41, 5.74) is -1.17. The zero-order valence-electron chi connectivity index (χ0n) is 15.2. The number of rotatable bonds is 3. The minimum atomic E-state index is -4.60. The number of aromatic nitrogens is 1. The molecule has 148 valence electrons. The Bertz CT molecular complexity index is 877. The average molecular weight is 392 g/mol. The Morgan fingerprint density at radius 1 is 1.07 bits per heavy atom. The van der Waals surface area contributed by atoms with Crippen LogP contribution in [-0.2, 0) is 6.18 Å². The first-order valence-corrected chi connectivity index (χ1v) is 8.67. The third-order valence-electron chi connectivity index (χ3n) is 4.51. The van der Waals surface area contributed by atoms with Crippen molar-refractivity contribution < 1.29 is 22.8 Å². The van der Waals surface area contributed by atoms with E-state index in [0.29, 0.717) is 13.1 Å². The van der Waals surface area contributed by atoms with E-state index in [4.69, 9.17) is 0 Å². The Kier molecular flexibility index (Phi) is 5.64. The van der Waals surface area contributed by atoms with Crippen molar-refractivity contribution in [2.24, 2.45) is 0 Å². The van der Waals surface area contributed by atoms with Crippen molar-refractivity contribution in [1.82, 2.24) is 14.8 Å². The van der Waals surface area contributed by atoms with E-state index in [0.717, 1.165) is 19.2 Å². The fraction of sp³-hybridized carbons (Fsp3) is 0.316. The van der Waals surface area contributed by atoms with E-state index in [-0.39, 0.29) is 22.9 Å². The van der Waals surface area contributed by atoms with Crippen LogP contribution in [0.5, 0.6) is 0 Å². The fourth-order valence-electron chi connectivity index (χ4n) is 2.91. The minimum absolute atomic E-state index is 0.128. The Labute approximate surface area is 160 Å². The number of alkyl halides is 3. The molecule has 2 amide bonds. The van der Waals surface area contributed by atoms with Gasteiger partial charge in [0.1, 0.15) is 5.69 Å². The minimum Gasteiger partial charge on any atom is -0.336 e. The van der Waals surface area contributed by atoms with Gasteiger partial charge in [0.15, 0.2) is 0 Å². The number of para-hydroxylation sites is 1. The monoisotopic (exact) mass is 392 g/mol. The van der Waals surface area contributed by atoms with Gasteiger partial charge in [-0.3, -0.25) is 14.6 Å². The SMILES string of the molecule is CN1CCN(C(=O)c2ccnc(C(=O)Nc3ccccc3C(F)(F)F)c2)CC1. The molecule has 0 unspecified atom stereocenters. The summed E-state index contributed by atoms with van der Waals surface area (Å²) in [6.07, 6.45) is -3.30. The lowest BCUT2D eigenvalue weighted by molar-refractivity contribution is -0.136. The van der Waals surface area contributed by atoms with Crippen LogP contribution in [0.2, 0.25) is 0 Å². The normalized spacial score (nSPS) is 15.4. The van der Waals surface area contributed by atoms with Crippen LogP contribution in [0.1, 0.15) is 26.4 Å². The summed E-state index contributed by atoms with van der Waals surface area (Å²) in [6, 6.07) is 7.47. The average Bonchev–Trinajstić information content (AvgIpc) is 2.68. The van der Waals surface area contributed by atoms with Gasteiger partial charge in [0.25, 0.3) is 11.8 Å². The molecule has 0 spiro atoms. The second-order valence-electron chi connectivity index (χ2n) is 6.52. The highest BCUT2D eigenvalue weighted by Crippen LogP contribution is 2.34. The number of nitrogens with one attached hydrogen (secondary N) is 1. The van der Waals surface area contributed by atoms with Crippen molar-refractivity contribution in [3.8, 4) is 0 Å². The molecule has 1 aliphatic rings. The van der Waals surface area contributed by atoms with Gasteiger partial charge in [-0.05, 0) is 31.3 Å². The molecule has 28 heavy (non-hydrogen) atoms. The van der Waals surface area contributed by atoms with Crippen molar-refractivity contribution in [2.45, 2.75) is 6.18 Å². The van der Waals surface area contributed by atoms with Gasteiger partial charge in [-0.25, -0.2) is 0 Å². The first-order chi connectivity index (χ1) is 13.3. The molecule has 2 heterocycles. The van der Waals surface area contributed by atoms with Crippen LogP contribution in [0, 0.1) is 0 Å². The second-order valence-corrected chi connectivity index (χ2v) is 6.52. The first kappa shape index (κ1) is 19.8. The molecule has 0 saturated carbocycles. The first-order valence-electron chi connectivity index (χ1n) is 8.67. The number of carbonyl (C=O) groups excluding carboxylic acids is 2. The lowest BCUT2D eigenvalue weighted by Gasteiger charge is -2.32. The molecule has 3 rings (SSSR count). The summed E-state index contributed by atoms with van der Waals surface area (Å²) in [7, 11) is 1.97. The van der Waals surface area contributed by atoms with Crippen molar-refractivity contribution >= 4 is 17.5 Å². The van der Waals surface area contributed by atoms with Gasteiger partial charge in [-0.1, -0.05) is 12.1 Å². The summed E-state index contributed by atoms with van der Waals surface area (Å²) < 4.78 is 39.3. The van der Waals surface area contributed by atoms with E-state index in [2.05, 4.69) is 15.2 Å². The van der Waals surface area contributed by atoms with Gasteiger partial charge in [0.05, 0.1) is 11.3 Å². The van der Waals surface area contributed by atoms with Gasteiger partial charge < -0.3 is 15.1 Å². The molecule has 9 heteroatoms. The molecule has 0 aliphatic carbocycles. The number of amides is 2. The smallest absolute Gasteiger partial charge is 0.336 e. The maximum absolute atomic E-state index is 13.1. The van der Waals surface area contributed by atoms with Gasteiger partial charge in [0.2, 0.25) is 0 Å². The quantitative estimate of drug-likeness (QED) is 0.873. The highest BCUT2D eigenvalue weighted by atomic mass is 19.4. The lowest BCUT2D eigenvalue weighted by Crippen LogP contribution is -2.47. The molecule has 1 aromatic carbocycles. The largest absolute Gasteiger partial charge is 0.418 e. The predicted octanol–water partition coefficient (Wildman–Crippen LogP) is 2.74. The molecule has 6 nitrogen and oxygen atoms in total. The van der Waals surface area contributed by atoms with Crippen LogP contribution >= 0.6 is 0 Å². The van der Waals surface area contributed by atoms with E-state index in [1.807, 2.05) is 7.05 Å². The van der Waals surface area contributed by atoms with E-state index in [1.54, 1.807) is 4.90 Å². The van der Waals surface area contributed by atoms with Crippen LogP contribution < -0.4 is 5.32 Å². The summed E-state index contributed by atoms with van der Waals surface area (Å²) in [6.45, 7) is 2.63. The summed E-state index contributed by atoms with van der Waals surface area (Å²) in [4.78, 5) is 32.7. The maximum atomic E-state index is 13.1. The van der Waals surface area contributed by atoms with Crippen LogP contribution in [0.15, 0.2) is 42.6 Å². The fourth-order valence-corrected chi connectivity index (χ4v) is 2.91. The molecule has 1 fully saturated rings. The number of anilines is 1. The van der Waals surface area contributed by atoms with Crippen LogP contribution in [0.25, 0.3) is 0 Å². The number of pyridine rings is 1. The molecular formula is C19H19F3N4O2. The second kappa shape index (κ2) is 7.97. The number of likely N-dealkylation sites (N-methyl/N-ethyl adjacent to an activating group) is 1. The van der Waals surface area contributed by atoms with Gasteiger partial charge in [-0.15, -0.1) is 0 Å². The van der Waals surface area contributed by atoms with Gasteiger partial charge in [-0.2, -0.15) is 13.2 Å². The van der Waals surface area contributed by atoms with Crippen molar-refractivity contribution in [1.29, 1.82) is 0 Å². The van der Waals surface area contributed by atoms with Crippen molar-refractivity contribution in [3.63, 3.8) is 0 Å². The topological polar surface area (TPSA) is 65.5 Å². The molecule has 1 saturated heterocycles. The van der Waals surface area contributed by atoms with Crippen LogP contribution in [-0.4, -0.2) is 59.8 Å². The Morgan fingerprint density at radius 2 is 1.75 bits per heavy atom. The summed E-state index contributed by atoms with van der Waals surface area (Å²) >= 11 is 0. The van der Waals surface area contributed by atoms with Crippen molar-refractivity contribution in [2.75, 3.05) is 38.5 Å². The van der Waals surface area contributed by atoms with Crippen LogP contribution in [0.4, 0.5) is 18.9 Å². The molecule has 0 bridgehead atoms. The zero-order valence-corrected chi connectivity index (χ0v) is 15.2. The van der Waals surface area contributed by atoms with Gasteiger partial charge >= 0.3 is 6.18 Å². The van der Waals surface area contributed by atoms with E-state index in [1.165, 1.54) is 36.5 Å². The molecule has 0 radical (unpaired) electrons.